The molecule has 16 heavy (non-hydrogen) atoms. The summed E-state index contributed by atoms with van der Waals surface area (Å²) in [4.78, 5) is 0. The van der Waals surface area contributed by atoms with Crippen LogP contribution in [0, 0.1) is 5.92 Å². The zero-order valence-corrected chi connectivity index (χ0v) is 11.8. The van der Waals surface area contributed by atoms with E-state index in [1.807, 2.05) is 0 Å². The fraction of sp³-hybridized carbons (Fsp3) is 0.571. The Bertz CT molecular complexity index is 352. The molecule has 1 aliphatic rings. The molecular formula is C14H20BrN. The van der Waals surface area contributed by atoms with Gasteiger partial charge in [0.2, 0.25) is 0 Å². The van der Waals surface area contributed by atoms with E-state index in [9.17, 15) is 0 Å². The van der Waals surface area contributed by atoms with Crippen molar-refractivity contribution in [1.29, 1.82) is 0 Å². The molecule has 1 unspecified atom stereocenters. The van der Waals surface area contributed by atoms with Crippen molar-refractivity contribution in [3.63, 3.8) is 0 Å². The minimum Gasteiger partial charge on any atom is -0.305 e. The molecule has 1 aromatic rings. The Kier molecular flexibility index (Phi) is 3.41. The zero-order chi connectivity index (χ0) is 11.8. The largest absolute Gasteiger partial charge is 0.305 e. The molecule has 0 amide bonds. The van der Waals surface area contributed by atoms with Crippen LogP contribution in [0.2, 0.25) is 0 Å². The van der Waals surface area contributed by atoms with Crippen LogP contribution < -0.4 is 5.32 Å². The van der Waals surface area contributed by atoms with Crippen LogP contribution >= 0.6 is 15.9 Å². The molecule has 1 nitrogen and oxygen atoms in total. The van der Waals surface area contributed by atoms with Gasteiger partial charge < -0.3 is 5.32 Å². The van der Waals surface area contributed by atoms with Crippen molar-refractivity contribution in [1.82, 2.24) is 5.32 Å². The molecule has 1 saturated carbocycles. The Labute approximate surface area is 107 Å². The molecule has 1 aromatic carbocycles. The van der Waals surface area contributed by atoms with Crippen LogP contribution in [-0.2, 0) is 5.54 Å². The predicted octanol–water partition coefficient (Wildman–Crippen LogP) is 4.07. The molecule has 1 fully saturated rings. The Hall–Kier alpha value is -0.340. The van der Waals surface area contributed by atoms with Gasteiger partial charge in [0, 0.05) is 16.1 Å². The molecule has 1 N–H and O–H groups in total. The molecule has 0 spiro atoms. The zero-order valence-electron chi connectivity index (χ0n) is 10.3. The SMILES string of the molecule is CC(NC(C)(C)c1ccc(Br)cc1)C1CC1. The fourth-order valence-corrected chi connectivity index (χ4v) is 2.50. The standard InChI is InChI=1S/C14H20BrN/c1-10(11-4-5-11)16-14(2,3)12-6-8-13(15)9-7-12/h6-11,16H,4-5H2,1-3H3. The number of halogens is 1. The molecule has 1 atom stereocenters. The van der Waals surface area contributed by atoms with Gasteiger partial charge in [-0.3, -0.25) is 0 Å². The third-order valence-corrected chi connectivity index (χ3v) is 4.01. The Morgan fingerprint density at radius 2 is 1.81 bits per heavy atom. The highest BCUT2D eigenvalue weighted by Crippen LogP contribution is 2.34. The summed E-state index contributed by atoms with van der Waals surface area (Å²) in [5.41, 5.74) is 1.41. The molecule has 2 heteroatoms. The topological polar surface area (TPSA) is 12.0 Å². The molecule has 0 saturated heterocycles. The second kappa shape index (κ2) is 4.50. The van der Waals surface area contributed by atoms with E-state index in [0.717, 1.165) is 10.4 Å². The van der Waals surface area contributed by atoms with Crippen LogP contribution in [0.3, 0.4) is 0 Å². The molecule has 0 radical (unpaired) electrons. The fourth-order valence-electron chi connectivity index (χ4n) is 2.23. The molecule has 0 bridgehead atoms. The van der Waals surface area contributed by atoms with E-state index in [0.29, 0.717) is 6.04 Å². The van der Waals surface area contributed by atoms with E-state index in [2.05, 4.69) is 66.3 Å². The quantitative estimate of drug-likeness (QED) is 0.877. The highest BCUT2D eigenvalue weighted by molar-refractivity contribution is 9.10. The third kappa shape index (κ3) is 2.86. The predicted molar refractivity (Wildman–Crippen MR) is 72.5 cm³/mol. The summed E-state index contributed by atoms with van der Waals surface area (Å²) >= 11 is 3.48. The highest BCUT2D eigenvalue weighted by atomic mass is 79.9. The lowest BCUT2D eigenvalue weighted by molar-refractivity contribution is 0.332. The summed E-state index contributed by atoms with van der Waals surface area (Å²) in [5.74, 6) is 0.898. The van der Waals surface area contributed by atoms with E-state index in [1.165, 1.54) is 18.4 Å². The van der Waals surface area contributed by atoms with Gasteiger partial charge in [-0.1, -0.05) is 28.1 Å². The van der Waals surface area contributed by atoms with E-state index < -0.39 is 0 Å². The second-order valence-corrected chi connectivity index (χ2v) is 6.32. The molecule has 88 valence electrons. The average molecular weight is 282 g/mol. The van der Waals surface area contributed by atoms with Crippen molar-refractivity contribution in [2.24, 2.45) is 5.92 Å². The number of hydrogen-bond donors (Lipinski definition) is 1. The molecular weight excluding hydrogens is 262 g/mol. The molecule has 1 aliphatic carbocycles. The summed E-state index contributed by atoms with van der Waals surface area (Å²) in [7, 11) is 0. The molecule has 0 aromatic heterocycles. The summed E-state index contributed by atoms with van der Waals surface area (Å²) < 4.78 is 1.14. The van der Waals surface area contributed by atoms with Crippen LogP contribution in [0.1, 0.15) is 39.2 Å². The van der Waals surface area contributed by atoms with Crippen molar-refractivity contribution < 1.29 is 0 Å². The number of nitrogens with one attached hydrogen (secondary N) is 1. The van der Waals surface area contributed by atoms with E-state index in [-0.39, 0.29) is 5.54 Å². The van der Waals surface area contributed by atoms with Gasteiger partial charge >= 0.3 is 0 Å². The summed E-state index contributed by atoms with van der Waals surface area (Å²) in [6.45, 7) is 6.82. The normalized spacial score (nSPS) is 18.5. The van der Waals surface area contributed by atoms with Crippen molar-refractivity contribution in [2.45, 2.75) is 45.2 Å². The van der Waals surface area contributed by atoms with E-state index in [1.54, 1.807) is 0 Å². The number of hydrogen-bond acceptors (Lipinski definition) is 1. The van der Waals surface area contributed by atoms with Gasteiger partial charge in [-0.25, -0.2) is 0 Å². The van der Waals surface area contributed by atoms with Crippen LogP contribution in [0.5, 0.6) is 0 Å². The van der Waals surface area contributed by atoms with Crippen LogP contribution in [-0.4, -0.2) is 6.04 Å². The van der Waals surface area contributed by atoms with Gasteiger partial charge in [0.1, 0.15) is 0 Å². The minimum absolute atomic E-state index is 0.0582. The van der Waals surface area contributed by atoms with E-state index >= 15 is 0 Å². The Morgan fingerprint density at radius 1 is 1.25 bits per heavy atom. The van der Waals surface area contributed by atoms with Crippen molar-refractivity contribution >= 4 is 15.9 Å². The van der Waals surface area contributed by atoms with Gasteiger partial charge in [-0.2, -0.15) is 0 Å². The third-order valence-electron chi connectivity index (χ3n) is 3.48. The number of rotatable bonds is 4. The molecule has 0 aliphatic heterocycles. The second-order valence-electron chi connectivity index (χ2n) is 5.40. The maximum Gasteiger partial charge on any atom is 0.0379 e. The lowest BCUT2D eigenvalue weighted by atomic mass is 9.93. The summed E-state index contributed by atoms with van der Waals surface area (Å²) in [5, 5.41) is 3.74. The maximum atomic E-state index is 3.74. The van der Waals surface area contributed by atoms with E-state index in [4.69, 9.17) is 0 Å². The first kappa shape index (κ1) is 12.1. The summed E-state index contributed by atoms with van der Waals surface area (Å²) in [6.07, 6.45) is 2.79. The first-order valence-corrected chi connectivity index (χ1v) is 6.82. The lowest BCUT2D eigenvalue weighted by Gasteiger charge is -2.31. The van der Waals surface area contributed by atoms with Gasteiger partial charge in [0.25, 0.3) is 0 Å². The highest BCUT2D eigenvalue weighted by Gasteiger charge is 2.32. The van der Waals surface area contributed by atoms with Gasteiger partial charge in [-0.15, -0.1) is 0 Å². The van der Waals surface area contributed by atoms with Gasteiger partial charge in [0.05, 0.1) is 0 Å². The van der Waals surface area contributed by atoms with Gasteiger partial charge in [-0.05, 0) is 57.2 Å². The average Bonchev–Trinajstić information content (AvgIpc) is 3.00. The Balaban J connectivity index is 2.07. The van der Waals surface area contributed by atoms with Crippen molar-refractivity contribution in [3.8, 4) is 0 Å². The maximum absolute atomic E-state index is 3.74. The first-order chi connectivity index (χ1) is 7.49. The van der Waals surface area contributed by atoms with Crippen molar-refractivity contribution in [3.05, 3.63) is 34.3 Å². The monoisotopic (exact) mass is 281 g/mol. The Morgan fingerprint density at radius 3 is 2.31 bits per heavy atom. The van der Waals surface area contributed by atoms with Crippen LogP contribution in [0.4, 0.5) is 0 Å². The van der Waals surface area contributed by atoms with Gasteiger partial charge in [0.15, 0.2) is 0 Å². The molecule has 0 heterocycles. The van der Waals surface area contributed by atoms with Crippen molar-refractivity contribution in [2.75, 3.05) is 0 Å². The van der Waals surface area contributed by atoms with Crippen LogP contribution in [0.25, 0.3) is 0 Å². The first-order valence-electron chi connectivity index (χ1n) is 6.03. The van der Waals surface area contributed by atoms with Crippen LogP contribution in [0.15, 0.2) is 28.7 Å². The molecule has 2 rings (SSSR count). The lowest BCUT2D eigenvalue weighted by Crippen LogP contribution is -2.43. The smallest absolute Gasteiger partial charge is 0.0379 e. The summed E-state index contributed by atoms with van der Waals surface area (Å²) in [6, 6.07) is 9.23. The minimum atomic E-state index is 0.0582. The number of benzene rings is 1.